The van der Waals surface area contributed by atoms with Gasteiger partial charge in [0.15, 0.2) is 0 Å². The lowest BCUT2D eigenvalue weighted by atomic mass is 9.74. The number of benzene rings is 2. The highest BCUT2D eigenvalue weighted by Gasteiger charge is 2.43. The number of hydrogen-bond donors (Lipinski definition) is 1. The lowest BCUT2D eigenvalue weighted by Crippen LogP contribution is -2.45. The molecule has 1 spiro atoms. The van der Waals surface area contributed by atoms with Crippen LogP contribution in [0.3, 0.4) is 0 Å². The SMILES string of the molecule is NCc1ccc2c(c1)C1(CCN(C(=O)/C=C/c3cccc(OC(F)(F)F)c3)CC1)CO2. The number of carbonyl (C=O) groups excluding carboxylic acids is 1. The van der Waals surface area contributed by atoms with E-state index in [2.05, 4.69) is 10.8 Å². The molecule has 2 aromatic carbocycles. The van der Waals surface area contributed by atoms with Crippen LogP contribution in [-0.2, 0) is 16.8 Å². The number of hydrogen-bond acceptors (Lipinski definition) is 4. The Bertz CT molecular complexity index is 996. The zero-order chi connectivity index (χ0) is 22.1. The Hall–Kier alpha value is -3.00. The van der Waals surface area contributed by atoms with Crippen LogP contribution in [0.1, 0.15) is 29.5 Å². The van der Waals surface area contributed by atoms with Crippen LogP contribution in [0.5, 0.6) is 11.5 Å². The lowest BCUT2D eigenvalue weighted by molar-refractivity contribution is -0.274. The molecule has 2 N–H and O–H groups in total. The van der Waals surface area contributed by atoms with E-state index >= 15 is 0 Å². The number of fused-ring (bicyclic) bond motifs is 2. The van der Waals surface area contributed by atoms with Gasteiger partial charge in [0.05, 0.1) is 6.61 Å². The molecule has 164 valence electrons. The van der Waals surface area contributed by atoms with E-state index in [9.17, 15) is 18.0 Å². The summed E-state index contributed by atoms with van der Waals surface area (Å²) in [5.41, 5.74) is 8.35. The van der Waals surface area contributed by atoms with Crippen LogP contribution in [-0.4, -0.2) is 36.9 Å². The topological polar surface area (TPSA) is 64.8 Å². The summed E-state index contributed by atoms with van der Waals surface area (Å²) >= 11 is 0. The molecule has 5 nitrogen and oxygen atoms in total. The minimum atomic E-state index is -4.75. The molecule has 0 aromatic heterocycles. The third-order valence-corrected chi connectivity index (χ3v) is 5.90. The fourth-order valence-corrected chi connectivity index (χ4v) is 4.20. The van der Waals surface area contributed by atoms with Crippen molar-refractivity contribution in [3.05, 3.63) is 65.2 Å². The summed E-state index contributed by atoms with van der Waals surface area (Å²) in [7, 11) is 0. The molecule has 0 atom stereocenters. The van der Waals surface area contributed by atoms with Crippen LogP contribution in [0.4, 0.5) is 13.2 Å². The highest BCUT2D eigenvalue weighted by Crippen LogP contribution is 2.45. The van der Waals surface area contributed by atoms with Crippen LogP contribution < -0.4 is 15.2 Å². The van der Waals surface area contributed by atoms with Gasteiger partial charge in [-0.25, -0.2) is 0 Å². The maximum absolute atomic E-state index is 12.6. The van der Waals surface area contributed by atoms with Gasteiger partial charge in [-0.1, -0.05) is 24.3 Å². The van der Waals surface area contributed by atoms with Crippen molar-refractivity contribution in [1.82, 2.24) is 4.90 Å². The number of nitrogens with two attached hydrogens (primary N) is 1. The Morgan fingerprint density at radius 2 is 1.97 bits per heavy atom. The van der Waals surface area contributed by atoms with Crippen molar-refractivity contribution in [3.8, 4) is 11.5 Å². The molecule has 1 saturated heterocycles. The number of likely N-dealkylation sites (tertiary alicyclic amines) is 1. The zero-order valence-corrected chi connectivity index (χ0v) is 16.8. The largest absolute Gasteiger partial charge is 0.573 e. The molecule has 8 heteroatoms. The second-order valence-electron chi connectivity index (χ2n) is 7.88. The van der Waals surface area contributed by atoms with Crippen LogP contribution >= 0.6 is 0 Å². The highest BCUT2D eigenvalue weighted by molar-refractivity contribution is 5.92. The summed E-state index contributed by atoms with van der Waals surface area (Å²) < 4.78 is 46.9. The molecular weight excluding hydrogens is 409 g/mol. The maximum Gasteiger partial charge on any atom is 0.573 e. The van der Waals surface area contributed by atoms with E-state index in [0.717, 1.165) is 24.2 Å². The van der Waals surface area contributed by atoms with E-state index in [1.54, 1.807) is 11.0 Å². The van der Waals surface area contributed by atoms with Gasteiger partial charge in [-0.3, -0.25) is 4.79 Å². The molecule has 2 aliphatic rings. The van der Waals surface area contributed by atoms with Gasteiger partial charge in [0, 0.05) is 36.7 Å². The number of amides is 1. The molecule has 1 amide bonds. The molecule has 0 aliphatic carbocycles. The smallest absolute Gasteiger partial charge is 0.492 e. The van der Waals surface area contributed by atoms with E-state index in [1.807, 2.05) is 12.1 Å². The Kier molecular flexibility index (Phi) is 5.66. The standard InChI is InChI=1S/C23H23F3N2O3/c24-23(25,26)31-18-3-1-2-16(12-18)5-7-21(29)28-10-8-22(9-11-28)15-30-20-6-4-17(14-27)13-19(20)22/h1-7,12-13H,8-11,14-15,27H2/b7-5+. The van der Waals surface area contributed by atoms with Gasteiger partial charge in [0.1, 0.15) is 11.5 Å². The van der Waals surface area contributed by atoms with Crippen molar-refractivity contribution in [2.45, 2.75) is 31.2 Å². The normalized spacial score (nSPS) is 17.6. The molecule has 0 bridgehead atoms. The Morgan fingerprint density at radius 1 is 1.19 bits per heavy atom. The van der Waals surface area contributed by atoms with Gasteiger partial charge in [-0.2, -0.15) is 0 Å². The second-order valence-corrected chi connectivity index (χ2v) is 7.88. The predicted octanol–water partition coefficient (Wildman–Crippen LogP) is 4.01. The molecule has 0 radical (unpaired) electrons. The summed E-state index contributed by atoms with van der Waals surface area (Å²) in [6, 6.07) is 11.6. The van der Waals surface area contributed by atoms with E-state index in [-0.39, 0.29) is 17.1 Å². The molecule has 1 fully saturated rings. The maximum atomic E-state index is 12.6. The van der Waals surface area contributed by atoms with Gasteiger partial charge in [0.25, 0.3) is 0 Å². The Balaban J connectivity index is 1.39. The Morgan fingerprint density at radius 3 is 2.68 bits per heavy atom. The number of rotatable bonds is 4. The zero-order valence-electron chi connectivity index (χ0n) is 16.8. The first-order chi connectivity index (χ1) is 14.8. The van der Waals surface area contributed by atoms with Crippen molar-refractivity contribution >= 4 is 12.0 Å². The minimum absolute atomic E-state index is 0.107. The molecule has 0 saturated carbocycles. The Labute approximate surface area is 178 Å². The molecule has 2 heterocycles. The van der Waals surface area contributed by atoms with Crippen molar-refractivity contribution in [2.24, 2.45) is 5.73 Å². The van der Waals surface area contributed by atoms with E-state index < -0.39 is 6.36 Å². The van der Waals surface area contributed by atoms with Crippen LogP contribution in [0.25, 0.3) is 6.08 Å². The third-order valence-electron chi connectivity index (χ3n) is 5.90. The number of alkyl halides is 3. The fraction of sp³-hybridized carbons (Fsp3) is 0.348. The van der Waals surface area contributed by atoms with Gasteiger partial charge in [-0.15, -0.1) is 13.2 Å². The van der Waals surface area contributed by atoms with Gasteiger partial charge < -0.3 is 20.1 Å². The molecule has 0 unspecified atom stereocenters. The monoisotopic (exact) mass is 432 g/mol. The summed E-state index contributed by atoms with van der Waals surface area (Å²) in [4.78, 5) is 14.4. The summed E-state index contributed by atoms with van der Waals surface area (Å²) in [6.07, 6.45) is -0.311. The molecule has 2 aromatic rings. The van der Waals surface area contributed by atoms with E-state index in [0.29, 0.717) is 31.8 Å². The average molecular weight is 432 g/mol. The predicted molar refractivity (Wildman–Crippen MR) is 109 cm³/mol. The van der Waals surface area contributed by atoms with Crippen molar-refractivity contribution in [3.63, 3.8) is 0 Å². The first-order valence-corrected chi connectivity index (χ1v) is 10.1. The quantitative estimate of drug-likeness (QED) is 0.742. The molecule has 2 aliphatic heterocycles. The van der Waals surface area contributed by atoms with E-state index in [4.69, 9.17) is 10.5 Å². The van der Waals surface area contributed by atoms with Gasteiger partial charge in [-0.05, 0) is 48.2 Å². The van der Waals surface area contributed by atoms with Crippen LogP contribution in [0, 0.1) is 0 Å². The molecule has 31 heavy (non-hydrogen) atoms. The third kappa shape index (κ3) is 4.69. The first-order valence-electron chi connectivity index (χ1n) is 10.1. The van der Waals surface area contributed by atoms with Gasteiger partial charge in [0.2, 0.25) is 5.91 Å². The van der Waals surface area contributed by atoms with Gasteiger partial charge >= 0.3 is 6.36 Å². The van der Waals surface area contributed by atoms with E-state index in [1.165, 1.54) is 35.9 Å². The number of carbonyl (C=O) groups is 1. The van der Waals surface area contributed by atoms with Crippen molar-refractivity contribution < 1.29 is 27.4 Å². The summed E-state index contributed by atoms with van der Waals surface area (Å²) in [5, 5.41) is 0. The van der Waals surface area contributed by atoms with Crippen molar-refractivity contribution in [2.75, 3.05) is 19.7 Å². The summed E-state index contributed by atoms with van der Waals surface area (Å²) in [6.45, 7) is 2.22. The molecule has 4 rings (SSSR count). The number of halogens is 3. The first kappa shape index (κ1) is 21.2. The number of ether oxygens (including phenoxy) is 2. The summed E-state index contributed by atoms with van der Waals surface area (Å²) in [5.74, 6) is 0.392. The average Bonchev–Trinajstić information content (AvgIpc) is 3.09. The number of nitrogens with zero attached hydrogens (tertiary/aromatic N) is 1. The van der Waals surface area contributed by atoms with Crippen LogP contribution in [0.15, 0.2) is 48.5 Å². The minimum Gasteiger partial charge on any atom is -0.492 e. The number of piperidine rings is 1. The highest BCUT2D eigenvalue weighted by atomic mass is 19.4. The fourth-order valence-electron chi connectivity index (χ4n) is 4.20. The molecular formula is C23H23F3N2O3. The lowest BCUT2D eigenvalue weighted by Gasteiger charge is -2.38. The second kappa shape index (κ2) is 8.26. The van der Waals surface area contributed by atoms with Crippen molar-refractivity contribution in [1.29, 1.82) is 0 Å². The van der Waals surface area contributed by atoms with Crippen LogP contribution in [0.2, 0.25) is 0 Å².